The number of rotatable bonds is 4. The van der Waals surface area contributed by atoms with Crippen LogP contribution in [0, 0.1) is 5.92 Å². The van der Waals surface area contributed by atoms with E-state index in [2.05, 4.69) is 16.3 Å². The Balaban J connectivity index is 0.00000161. The smallest absolute Gasteiger partial charge is 0.165 e. The number of benzene rings is 1. The third-order valence-electron chi connectivity index (χ3n) is 4.62. The minimum Gasteiger partial charge on any atom is -0.493 e. The number of nitrogens with one attached hydrogen (secondary N) is 1. The number of halogens is 1. The normalized spacial score (nSPS) is 25.0. The van der Waals surface area contributed by atoms with E-state index in [4.69, 9.17) is 9.47 Å². The monoisotopic (exact) mass is 312 g/mol. The average Bonchev–Trinajstić information content (AvgIpc) is 2.94. The summed E-state index contributed by atoms with van der Waals surface area (Å²) in [5, 5.41) is 3.61. The lowest BCUT2D eigenvalue weighted by Gasteiger charge is -2.35. The number of likely N-dealkylation sites (tertiary alicyclic amines) is 1. The first-order chi connectivity index (χ1) is 9.81. The topological polar surface area (TPSA) is 33.7 Å². The van der Waals surface area contributed by atoms with Crippen LogP contribution >= 0.6 is 12.4 Å². The lowest BCUT2D eigenvalue weighted by molar-refractivity contribution is 0.154. The van der Waals surface area contributed by atoms with E-state index in [1.165, 1.54) is 31.5 Å². The lowest BCUT2D eigenvalue weighted by atomic mass is 9.93. The molecule has 0 amide bonds. The maximum atomic E-state index is 5.53. The van der Waals surface area contributed by atoms with Crippen molar-refractivity contribution in [2.45, 2.75) is 25.4 Å². The number of fused-ring (bicyclic) bond motifs is 1. The van der Waals surface area contributed by atoms with Gasteiger partial charge >= 0.3 is 0 Å². The zero-order chi connectivity index (χ0) is 13.9. The van der Waals surface area contributed by atoms with Crippen molar-refractivity contribution in [2.24, 2.45) is 5.92 Å². The summed E-state index contributed by atoms with van der Waals surface area (Å²) in [4.78, 5) is 2.55. The van der Waals surface area contributed by atoms with Crippen LogP contribution in [0.3, 0.4) is 0 Å². The Bertz CT molecular complexity index is 470. The van der Waals surface area contributed by atoms with Crippen molar-refractivity contribution in [3.63, 3.8) is 0 Å². The van der Waals surface area contributed by atoms with Crippen molar-refractivity contribution in [2.75, 3.05) is 33.9 Å². The van der Waals surface area contributed by atoms with Gasteiger partial charge < -0.3 is 14.8 Å². The zero-order valence-electron chi connectivity index (χ0n) is 12.8. The van der Waals surface area contributed by atoms with Crippen molar-refractivity contribution in [3.8, 4) is 11.5 Å². The van der Waals surface area contributed by atoms with Crippen molar-refractivity contribution in [1.29, 1.82) is 0 Å². The second kappa shape index (κ2) is 7.34. The summed E-state index contributed by atoms with van der Waals surface area (Å²) in [7, 11) is 3.41. The highest BCUT2D eigenvalue weighted by Crippen LogP contribution is 2.33. The molecule has 4 nitrogen and oxygen atoms in total. The molecule has 2 unspecified atom stereocenters. The maximum Gasteiger partial charge on any atom is 0.165 e. The molecule has 0 aromatic heterocycles. The second-order valence-electron chi connectivity index (χ2n) is 5.79. The Morgan fingerprint density at radius 3 is 2.86 bits per heavy atom. The maximum absolute atomic E-state index is 5.53. The Morgan fingerprint density at radius 1 is 1.24 bits per heavy atom. The van der Waals surface area contributed by atoms with Gasteiger partial charge in [-0.3, -0.25) is 4.90 Å². The van der Waals surface area contributed by atoms with Gasteiger partial charge in [0.2, 0.25) is 0 Å². The number of hydrogen-bond donors (Lipinski definition) is 1. The summed E-state index contributed by atoms with van der Waals surface area (Å²) >= 11 is 0. The molecule has 2 fully saturated rings. The summed E-state index contributed by atoms with van der Waals surface area (Å²) in [5.74, 6) is 2.52. The zero-order valence-corrected chi connectivity index (χ0v) is 13.6. The molecule has 118 valence electrons. The fourth-order valence-corrected chi connectivity index (χ4v) is 3.59. The molecule has 21 heavy (non-hydrogen) atoms. The summed E-state index contributed by atoms with van der Waals surface area (Å²) in [6.07, 6.45) is 2.58. The van der Waals surface area contributed by atoms with Crippen LogP contribution in [0.4, 0.5) is 0 Å². The molecule has 2 aliphatic heterocycles. The third-order valence-corrected chi connectivity index (χ3v) is 4.62. The molecule has 0 bridgehead atoms. The number of ether oxygens (including phenoxy) is 2. The predicted molar refractivity (Wildman–Crippen MR) is 86.6 cm³/mol. The van der Waals surface area contributed by atoms with E-state index in [1.807, 2.05) is 12.1 Å². The molecule has 2 atom stereocenters. The van der Waals surface area contributed by atoms with Gasteiger partial charge in [0.15, 0.2) is 11.5 Å². The van der Waals surface area contributed by atoms with Gasteiger partial charge in [-0.1, -0.05) is 12.1 Å². The molecule has 5 heteroatoms. The molecule has 0 saturated carbocycles. The van der Waals surface area contributed by atoms with Crippen molar-refractivity contribution >= 4 is 12.4 Å². The van der Waals surface area contributed by atoms with E-state index in [-0.39, 0.29) is 12.4 Å². The number of piperidine rings is 1. The molecular weight excluding hydrogens is 288 g/mol. The second-order valence-corrected chi connectivity index (χ2v) is 5.79. The van der Waals surface area contributed by atoms with Crippen LogP contribution in [0.15, 0.2) is 18.2 Å². The standard InChI is InChI=1S/C16H24N2O2.ClH/c1-19-15-5-3-4-13(16(15)20-2)11-18-9-7-14-12(10-18)6-8-17-14;/h3-5,12,14,17H,6-11H2,1-2H3;1H. The SMILES string of the molecule is COc1cccc(CN2CCC3NCCC3C2)c1OC.Cl. The van der Waals surface area contributed by atoms with Crippen LogP contribution in [0.2, 0.25) is 0 Å². The van der Waals surface area contributed by atoms with Gasteiger partial charge in [-0.15, -0.1) is 12.4 Å². The molecule has 2 heterocycles. The van der Waals surface area contributed by atoms with Gasteiger partial charge in [0.05, 0.1) is 14.2 Å². The summed E-state index contributed by atoms with van der Waals surface area (Å²) in [5.41, 5.74) is 1.22. The van der Waals surface area contributed by atoms with Gasteiger partial charge in [-0.05, 0) is 37.9 Å². The molecule has 0 spiro atoms. The Morgan fingerprint density at radius 2 is 2.10 bits per heavy atom. The van der Waals surface area contributed by atoms with E-state index >= 15 is 0 Å². The fraction of sp³-hybridized carbons (Fsp3) is 0.625. The highest BCUT2D eigenvalue weighted by molar-refractivity contribution is 5.85. The fourth-order valence-electron chi connectivity index (χ4n) is 3.59. The Kier molecular flexibility index (Phi) is 5.73. The summed E-state index contributed by atoms with van der Waals surface area (Å²) in [6.45, 7) is 4.49. The van der Waals surface area contributed by atoms with Gasteiger partial charge in [0.1, 0.15) is 0 Å². The quantitative estimate of drug-likeness (QED) is 0.925. The van der Waals surface area contributed by atoms with E-state index in [9.17, 15) is 0 Å². The summed E-state index contributed by atoms with van der Waals surface area (Å²) in [6, 6.07) is 6.88. The van der Waals surface area contributed by atoms with Gasteiger partial charge in [0.25, 0.3) is 0 Å². The molecule has 2 aliphatic rings. The first-order valence-corrected chi connectivity index (χ1v) is 7.47. The first kappa shape index (κ1) is 16.4. The minimum absolute atomic E-state index is 0. The highest BCUT2D eigenvalue weighted by atomic mass is 35.5. The number of methoxy groups -OCH3 is 2. The van der Waals surface area contributed by atoms with Gasteiger partial charge in [-0.25, -0.2) is 0 Å². The van der Waals surface area contributed by atoms with Crippen LogP contribution in [-0.4, -0.2) is 44.8 Å². The van der Waals surface area contributed by atoms with Crippen LogP contribution in [0.5, 0.6) is 11.5 Å². The molecule has 1 N–H and O–H groups in total. The molecule has 1 aromatic carbocycles. The molecule has 2 saturated heterocycles. The van der Waals surface area contributed by atoms with E-state index in [1.54, 1.807) is 14.2 Å². The third kappa shape index (κ3) is 3.44. The van der Waals surface area contributed by atoms with Crippen molar-refractivity contribution < 1.29 is 9.47 Å². The van der Waals surface area contributed by atoms with Crippen LogP contribution in [-0.2, 0) is 6.54 Å². The molecule has 3 rings (SSSR count). The first-order valence-electron chi connectivity index (χ1n) is 7.47. The van der Waals surface area contributed by atoms with Crippen LogP contribution < -0.4 is 14.8 Å². The Labute approximate surface area is 133 Å². The molecule has 0 radical (unpaired) electrons. The highest BCUT2D eigenvalue weighted by Gasteiger charge is 2.32. The van der Waals surface area contributed by atoms with Gasteiger partial charge in [-0.2, -0.15) is 0 Å². The van der Waals surface area contributed by atoms with Crippen molar-refractivity contribution in [1.82, 2.24) is 10.2 Å². The number of nitrogens with zero attached hydrogens (tertiary/aromatic N) is 1. The Hall–Kier alpha value is -0.970. The van der Waals surface area contributed by atoms with E-state index < -0.39 is 0 Å². The molecular formula is C16H25ClN2O2. The largest absolute Gasteiger partial charge is 0.493 e. The molecule has 0 aliphatic carbocycles. The van der Waals surface area contributed by atoms with E-state index in [0.717, 1.165) is 36.5 Å². The van der Waals surface area contributed by atoms with Crippen LogP contribution in [0.25, 0.3) is 0 Å². The van der Waals surface area contributed by atoms with Gasteiger partial charge in [0, 0.05) is 24.7 Å². The predicted octanol–water partition coefficient (Wildman–Crippen LogP) is 2.31. The molecule has 1 aromatic rings. The summed E-state index contributed by atoms with van der Waals surface area (Å²) < 4.78 is 10.9. The van der Waals surface area contributed by atoms with Crippen LogP contribution in [0.1, 0.15) is 18.4 Å². The average molecular weight is 313 g/mol. The minimum atomic E-state index is 0. The van der Waals surface area contributed by atoms with Crippen molar-refractivity contribution in [3.05, 3.63) is 23.8 Å². The van der Waals surface area contributed by atoms with E-state index in [0.29, 0.717) is 0 Å². The lowest BCUT2D eigenvalue weighted by Crippen LogP contribution is -2.43. The number of hydrogen-bond acceptors (Lipinski definition) is 4. The number of para-hydroxylation sites is 1.